The van der Waals surface area contributed by atoms with Gasteiger partial charge in [0.1, 0.15) is 17.2 Å². The van der Waals surface area contributed by atoms with Crippen molar-refractivity contribution in [1.29, 1.82) is 0 Å². The molecule has 0 aliphatic carbocycles. The van der Waals surface area contributed by atoms with Gasteiger partial charge in [-0.25, -0.2) is 4.79 Å². The lowest BCUT2D eigenvalue weighted by Gasteiger charge is -2.06. The highest BCUT2D eigenvalue weighted by Crippen LogP contribution is 2.18. The van der Waals surface area contributed by atoms with Crippen LogP contribution in [0.15, 0.2) is 54.6 Å². The quantitative estimate of drug-likeness (QED) is 0.620. The first kappa shape index (κ1) is 13.0. The average molecular weight is 258 g/mol. The molecule has 0 fully saturated rings. The molecule has 0 amide bonds. The normalized spacial score (nSPS) is 9.74. The maximum Gasteiger partial charge on any atom is 0.519 e. The monoisotopic (exact) mass is 258 g/mol. The van der Waals surface area contributed by atoms with Crippen LogP contribution in [0, 0.1) is 0 Å². The second-order valence-electron chi connectivity index (χ2n) is 3.67. The van der Waals surface area contributed by atoms with Crippen molar-refractivity contribution in [1.82, 2.24) is 0 Å². The Kier molecular flexibility index (Phi) is 4.39. The van der Waals surface area contributed by atoms with E-state index in [2.05, 4.69) is 0 Å². The Morgan fingerprint density at radius 1 is 0.842 bits per heavy atom. The number of hydrogen-bond acceptors (Lipinski definition) is 4. The predicted molar refractivity (Wildman–Crippen MR) is 70.7 cm³/mol. The van der Waals surface area contributed by atoms with Gasteiger partial charge in [-0.15, -0.1) is 0 Å². The molecule has 4 nitrogen and oxygen atoms in total. The zero-order chi connectivity index (χ0) is 13.5. The number of rotatable bonds is 4. The van der Waals surface area contributed by atoms with Crippen molar-refractivity contribution in [2.75, 3.05) is 6.61 Å². The summed E-state index contributed by atoms with van der Waals surface area (Å²) in [7, 11) is 0. The van der Waals surface area contributed by atoms with Gasteiger partial charge >= 0.3 is 6.16 Å². The average Bonchev–Trinajstić information content (AvgIpc) is 2.42. The Morgan fingerprint density at radius 3 is 1.95 bits per heavy atom. The number of para-hydroxylation sites is 1. The van der Waals surface area contributed by atoms with Crippen molar-refractivity contribution >= 4 is 6.16 Å². The highest BCUT2D eigenvalue weighted by molar-refractivity contribution is 5.67. The van der Waals surface area contributed by atoms with E-state index < -0.39 is 6.16 Å². The number of benzene rings is 2. The minimum absolute atomic E-state index is 0.407. The van der Waals surface area contributed by atoms with Gasteiger partial charge in [0.15, 0.2) is 0 Å². The minimum Gasteiger partial charge on any atom is -0.494 e. The van der Waals surface area contributed by atoms with Gasteiger partial charge in [-0.05, 0) is 43.3 Å². The van der Waals surface area contributed by atoms with E-state index in [9.17, 15) is 4.79 Å². The van der Waals surface area contributed by atoms with Crippen molar-refractivity contribution in [3.05, 3.63) is 54.6 Å². The molecule has 0 aromatic heterocycles. The lowest BCUT2D eigenvalue weighted by atomic mass is 10.3. The fourth-order valence-electron chi connectivity index (χ4n) is 1.47. The molecule has 2 aromatic carbocycles. The lowest BCUT2D eigenvalue weighted by molar-refractivity contribution is 0.152. The van der Waals surface area contributed by atoms with Crippen molar-refractivity contribution in [2.45, 2.75) is 6.92 Å². The summed E-state index contributed by atoms with van der Waals surface area (Å²) in [6, 6.07) is 15.5. The third kappa shape index (κ3) is 4.03. The fourth-order valence-corrected chi connectivity index (χ4v) is 1.47. The standard InChI is InChI=1S/C15H14O4/c1-2-17-12-8-10-14(11-9-12)19-15(16)18-13-6-4-3-5-7-13/h3-11H,2H2,1H3. The Balaban J connectivity index is 1.91. The van der Waals surface area contributed by atoms with Crippen LogP contribution in [-0.2, 0) is 0 Å². The van der Waals surface area contributed by atoms with Crippen LogP contribution in [0.3, 0.4) is 0 Å². The Labute approximate surface area is 111 Å². The Bertz CT molecular complexity index is 520. The molecule has 0 atom stereocenters. The molecular weight excluding hydrogens is 244 g/mol. The summed E-state index contributed by atoms with van der Waals surface area (Å²) in [4.78, 5) is 11.5. The van der Waals surface area contributed by atoms with Crippen LogP contribution < -0.4 is 14.2 Å². The van der Waals surface area contributed by atoms with Crippen LogP contribution in [0.5, 0.6) is 17.2 Å². The minimum atomic E-state index is -0.768. The third-order valence-electron chi connectivity index (χ3n) is 2.28. The van der Waals surface area contributed by atoms with E-state index in [0.29, 0.717) is 18.1 Å². The Morgan fingerprint density at radius 2 is 1.37 bits per heavy atom. The number of hydrogen-bond donors (Lipinski definition) is 0. The van der Waals surface area contributed by atoms with E-state index in [1.165, 1.54) is 0 Å². The van der Waals surface area contributed by atoms with E-state index in [-0.39, 0.29) is 0 Å². The molecule has 19 heavy (non-hydrogen) atoms. The van der Waals surface area contributed by atoms with Crippen molar-refractivity contribution in [2.24, 2.45) is 0 Å². The lowest BCUT2D eigenvalue weighted by Crippen LogP contribution is -2.13. The second kappa shape index (κ2) is 6.44. The van der Waals surface area contributed by atoms with Crippen molar-refractivity contribution < 1.29 is 19.0 Å². The van der Waals surface area contributed by atoms with Gasteiger partial charge in [0.2, 0.25) is 0 Å². The molecule has 4 heteroatoms. The number of carbonyl (C=O) groups is 1. The highest BCUT2D eigenvalue weighted by atomic mass is 16.7. The van der Waals surface area contributed by atoms with E-state index in [0.717, 1.165) is 5.75 Å². The molecule has 0 unspecified atom stereocenters. The van der Waals surface area contributed by atoms with Crippen LogP contribution in [0.1, 0.15) is 6.92 Å². The summed E-state index contributed by atoms with van der Waals surface area (Å²) in [5.74, 6) is 1.58. The maximum absolute atomic E-state index is 11.5. The first-order chi connectivity index (χ1) is 9.28. The SMILES string of the molecule is CCOc1ccc(OC(=O)Oc2ccccc2)cc1. The molecule has 0 saturated carbocycles. The third-order valence-corrected chi connectivity index (χ3v) is 2.28. The fraction of sp³-hybridized carbons (Fsp3) is 0.133. The van der Waals surface area contributed by atoms with E-state index >= 15 is 0 Å². The van der Waals surface area contributed by atoms with Crippen molar-refractivity contribution in [3.63, 3.8) is 0 Å². The topological polar surface area (TPSA) is 44.8 Å². The zero-order valence-electron chi connectivity index (χ0n) is 10.5. The van der Waals surface area contributed by atoms with Gasteiger partial charge in [-0.2, -0.15) is 0 Å². The zero-order valence-corrected chi connectivity index (χ0v) is 10.5. The van der Waals surface area contributed by atoms with E-state index in [1.54, 1.807) is 48.5 Å². The Hall–Kier alpha value is -2.49. The van der Waals surface area contributed by atoms with Crippen LogP contribution in [-0.4, -0.2) is 12.8 Å². The van der Waals surface area contributed by atoms with E-state index in [1.807, 2.05) is 13.0 Å². The first-order valence-corrected chi connectivity index (χ1v) is 5.95. The van der Waals surface area contributed by atoms with Crippen LogP contribution in [0.25, 0.3) is 0 Å². The summed E-state index contributed by atoms with van der Waals surface area (Å²) in [6.07, 6.45) is -0.768. The summed E-state index contributed by atoms with van der Waals surface area (Å²) in [5.41, 5.74) is 0. The molecule has 98 valence electrons. The van der Waals surface area contributed by atoms with Gasteiger partial charge in [0.25, 0.3) is 0 Å². The number of ether oxygens (including phenoxy) is 3. The molecule has 0 heterocycles. The van der Waals surface area contributed by atoms with Crippen molar-refractivity contribution in [3.8, 4) is 17.2 Å². The predicted octanol–water partition coefficient (Wildman–Crippen LogP) is 3.66. The summed E-state index contributed by atoms with van der Waals surface area (Å²) < 4.78 is 15.3. The van der Waals surface area contributed by atoms with Crippen LogP contribution >= 0.6 is 0 Å². The number of carbonyl (C=O) groups excluding carboxylic acids is 1. The maximum atomic E-state index is 11.5. The summed E-state index contributed by atoms with van der Waals surface area (Å²) in [6.45, 7) is 2.50. The van der Waals surface area contributed by atoms with Gasteiger partial charge in [0, 0.05) is 0 Å². The summed E-state index contributed by atoms with van der Waals surface area (Å²) in [5, 5.41) is 0. The van der Waals surface area contributed by atoms with Gasteiger partial charge < -0.3 is 14.2 Å². The highest BCUT2D eigenvalue weighted by Gasteiger charge is 2.07. The van der Waals surface area contributed by atoms with Crippen LogP contribution in [0.4, 0.5) is 4.79 Å². The molecular formula is C15H14O4. The van der Waals surface area contributed by atoms with Gasteiger partial charge in [-0.3, -0.25) is 0 Å². The first-order valence-electron chi connectivity index (χ1n) is 5.95. The molecule has 0 spiro atoms. The van der Waals surface area contributed by atoms with Gasteiger partial charge in [-0.1, -0.05) is 18.2 Å². The molecule has 0 aliphatic heterocycles. The molecule has 2 aromatic rings. The van der Waals surface area contributed by atoms with Crippen LogP contribution in [0.2, 0.25) is 0 Å². The smallest absolute Gasteiger partial charge is 0.494 e. The largest absolute Gasteiger partial charge is 0.519 e. The molecule has 0 N–H and O–H groups in total. The molecule has 0 aliphatic rings. The molecule has 0 bridgehead atoms. The molecule has 2 rings (SSSR count). The van der Waals surface area contributed by atoms with E-state index in [4.69, 9.17) is 14.2 Å². The van der Waals surface area contributed by atoms with Gasteiger partial charge in [0.05, 0.1) is 6.61 Å². The molecule has 0 radical (unpaired) electrons. The summed E-state index contributed by atoms with van der Waals surface area (Å²) >= 11 is 0. The molecule has 0 saturated heterocycles. The second-order valence-corrected chi connectivity index (χ2v) is 3.67.